The second kappa shape index (κ2) is 7.29. The van der Waals surface area contributed by atoms with Crippen LogP contribution >= 0.6 is 0 Å². The lowest BCUT2D eigenvalue weighted by Crippen LogP contribution is -2.34. The lowest BCUT2D eigenvalue weighted by Gasteiger charge is -2.28. The second-order valence-corrected chi connectivity index (χ2v) is 5.97. The highest BCUT2D eigenvalue weighted by atomic mass is 16.1. The van der Waals surface area contributed by atoms with Crippen LogP contribution in [0.4, 0.5) is 11.4 Å². The van der Waals surface area contributed by atoms with E-state index in [2.05, 4.69) is 37.7 Å². The predicted octanol–water partition coefficient (Wildman–Crippen LogP) is 2.50. The molecule has 0 aliphatic heterocycles. The number of ketones is 1. The van der Waals surface area contributed by atoms with E-state index >= 15 is 0 Å². The molecule has 0 radical (unpaired) electrons. The van der Waals surface area contributed by atoms with E-state index in [1.54, 1.807) is 6.92 Å². The molecule has 0 amide bonds. The number of benzene rings is 1. The molecule has 1 aromatic carbocycles. The van der Waals surface area contributed by atoms with Gasteiger partial charge < -0.3 is 15.5 Å². The first-order chi connectivity index (χ1) is 9.31. The van der Waals surface area contributed by atoms with E-state index in [1.807, 2.05) is 18.2 Å². The van der Waals surface area contributed by atoms with E-state index in [4.69, 9.17) is 5.73 Å². The Hall–Kier alpha value is -1.55. The molecule has 0 unspecified atom stereocenters. The van der Waals surface area contributed by atoms with Gasteiger partial charge in [0.15, 0.2) is 5.78 Å². The number of rotatable bonds is 7. The van der Waals surface area contributed by atoms with E-state index in [-0.39, 0.29) is 5.78 Å². The molecular weight excluding hydrogens is 250 g/mol. The van der Waals surface area contributed by atoms with Crippen LogP contribution in [0.2, 0.25) is 0 Å². The second-order valence-electron chi connectivity index (χ2n) is 5.97. The number of nitrogen functional groups attached to an aromatic ring is 1. The number of nitrogens with zero attached hydrogens (tertiary/aromatic N) is 2. The molecule has 112 valence electrons. The molecule has 1 rings (SSSR count). The molecule has 0 bridgehead atoms. The number of carbonyl (C=O) groups excluding carboxylic acids is 1. The minimum absolute atomic E-state index is 0.0118. The first-order valence-electron chi connectivity index (χ1n) is 7.11. The minimum Gasteiger partial charge on any atom is -0.398 e. The molecule has 4 heteroatoms. The average Bonchev–Trinajstić information content (AvgIpc) is 2.33. The van der Waals surface area contributed by atoms with E-state index in [0.29, 0.717) is 17.2 Å². The van der Waals surface area contributed by atoms with E-state index < -0.39 is 0 Å². The summed E-state index contributed by atoms with van der Waals surface area (Å²) in [5.41, 5.74) is 8.24. The maximum absolute atomic E-state index is 11.4. The quantitative estimate of drug-likeness (QED) is 0.614. The molecule has 20 heavy (non-hydrogen) atoms. The van der Waals surface area contributed by atoms with Crippen LogP contribution in [0.1, 0.15) is 31.1 Å². The molecule has 0 heterocycles. The number of hydrogen-bond donors (Lipinski definition) is 1. The summed E-state index contributed by atoms with van der Waals surface area (Å²) in [6, 6.07) is 5.73. The third-order valence-corrected chi connectivity index (χ3v) is 3.18. The number of anilines is 2. The lowest BCUT2D eigenvalue weighted by molar-refractivity contribution is 0.101. The highest BCUT2D eigenvalue weighted by molar-refractivity contribution is 5.99. The van der Waals surface area contributed by atoms with Crippen molar-refractivity contribution in [1.82, 2.24) is 4.90 Å². The summed E-state index contributed by atoms with van der Waals surface area (Å²) in [5.74, 6) is 0.587. The topological polar surface area (TPSA) is 49.6 Å². The smallest absolute Gasteiger partial charge is 0.161 e. The molecule has 0 saturated carbocycles. The summed E-state index contributed by atoms with van der Waals surface area (Å²) in [6.45, 7) is 8.87. The molecule has 4 nitrogen and oxygen atoms in total. The molecule has 1 aromatic rings. The number of Topliss-reactive ketones (excluding diaryl/α,β-unsaturated/α-hetero) is 1. The Morgan fingerprint density at radius 3 is 2.35 bits per heavy atom. The van der Waals surface area contributed by atoms with Crippen molar-refractivity contribution in [3.8, 4) is 0 Å². The fraction of sp³-hybridized carbons (Fsp3) is 0.562. The van der Waals surface area contributed by atoms with Gasteiger partial charge >= 0.3 is 0 Å². The molecule has 0 aromatic heterocycles. The molecular formula is C16H27N3O. The third-order valence-electron chi connectivity index (χ3n) is 3.18. The summed E-state index contributed by atoms with van der Waals surface area (Å²) in [7, 11) is 4.14. The van der Waals surface area contributed by atoms with Crippen LogP contribution in [-0.2, 0) is 0 Å². The van der Waals surface area contributed by atoms with Crippen LogP contribution in [-0.4, -0.2) is 44.4 Å². The SMILES string of the molecule is CC(=O)c1ccc(N(CCN(C)C)CC(C)C)cc1N. The van der Waals surface area contributed by atoms with Gasteiger partial charge in [-0.15, -0.1) is 0 Å². The van der Waals surface area contributed by atoms with Crippen LogP contribution in [0.3, 0.4) is 0 Å². The monoisotopic (exact) mass is 277 g/mol. The Balaban J connectivity index is 2.95. The van der Waals surface area contributed by atoms with Gasteiger partial charge in [0.2, 0.25) is 0 Å². The maximum atomic E-state index is 11.4. The van der Waals surface area contributed by atoms with Gasteiger partial charge in [-0.1, -0.05) is 13.8 Å². The van der Waals surface area contributed by atoms with Crippen molar-refractivity contribution in [2.75, 3.05) is 44.4 Å². The van der Waals surface area contributed by atoms with Crippen LogP contribution in [0.15, 0.2) is 18.2 Å². The first-order valence-corrected chi connectivity index (χ1v) is 7.11. The standard InChI is InChI=1S/C16H27N3O/c1-12(2)11-19(9-8-18(4)5)14-6-7-15(13(3)20)16(17)10-14/h6-7,10,12H,8-9,11,17H2,1-5H3. The zero-order chi connectivity index (χ0) is 15.3. The molecule has 0 saturated heterocycles. The van der Waals surface area contributed by atoms with Gasteiger partial charge in [0.1, 0.15) is 0 Å². The van der Waals surface area contributed by atoms with Crippen LogP contribution in [0.25, 0.3) is 0 Å². The largest absolute Gasteiger partial charge is 0.398 e. The van der Waals surface area contributed by atoms with Crippen molar-refractivity contribution in [1.29, 1.82) is 0 Å². The third kappa shape index (κ3) is 4.85. The molecule has 0 aliphatic carbocycles. The summed E-state index contributed by atoms with van der Waals surface area (Å²) in [5, 5.41) is 0. The first kappa shape index (κ1) is 16.5. The highest BCUT2D eigenvalue weighted by Crippen LogP contribution is 2.22. The van der Waals surface area contributed by atoms with Crippen molar-refractivity contribution in [3.05, 3.63) is 23.8 Å². The summed E-state index contributed by atoms with van der Waals surface area (Å²) in [4.78, 5) is 15.9. The average molecular weight is 277 g/mol. The molecule has 0 spiro atoms. The van der Waals surface area contributed by atoms with E-state index in [1.165, 1.54) is 0 Å². The van der Waals surface area contributed by atoms with Crippen LogP contribution < -0.4 is 10.6 Å². The molecule has 0 atom stereocenters. The summed E-state index contributed by atoms with van der Waals surface area (Å²) < 4.78 is 0. The Morgan fingerprint density at radius 1 is 1.25 bits per heavy atom. The van der Waals surface area contributed by atoms with Crippen LogP contribution in [0.5, 0.6) is 0 Å². The van der Waals surface area contributed by atoms with Gasteiger partial charge in [-0.3, -0.25) is 4.79 Å². The van der Waals surface area contributed by atoms with Crippen molar-refractivity contribution in [3.63, 3.8) is 0 Å². The van der Waals surface area contributed by atoms with Crippen molar-refractivity contribution < 1.29 is 4.79 Å². The number of likely N-dealkylation sites (N-methyl/N-ethyl adjacent to an activating group) is 1. The van der Waals surface area contributed by atoms with Crippen LogP contribution in [0, 0.1) is 5.92 Å². The van der Waals surface area contributed by atoms with Gasteiger partial charge in [0, 0.05) is 36.6 Å². The summed E-state index contributed by atoms with van der Waals surface area (Å²) in [6.07, 6.45) is 0. The minimum atomic E-state index is 0.0118. The summed E-state index contributed by atoms with van der Waals surface area (Å²) >= 11 is 0. The zero-order valence-corrected chi connectivity index (χ0v) is 13.3. The molecule has 2 N–H and O–H groups in total. The fourth-order valence-corrected chi connectivity index (χ4v) is 2.15. The van der Waals surface area contributed by atoms with Gasteiger partial charge in [0.25, 0.3) is 0 Å². The maximum Gasteiger partial charge on any atom is 0.161 e. The molecule has 0 aliphatic rings. The Kier molecular flexibility index (Phi) is 6.02. The normalized spacial score (nSPS) is 11.2. The van der Waals surface area contributed by atoms with E-state index in [0.717, 1.165) is 25.3 Å². The van der Waals surface area contributed by atoms with Crippen molar-refractivity contribution in [2.45, 2.75) is 20.8 Å². The van der Waals surface area contributed by atoms with Gasteiger partial charge in [-0.05, 0) is 45.1 Å². The Bertz CT molecular complexity index is 455. The van der Waals surface area contributed by atoms with Gasteiger partial charge in [0.05, 0.1) is 0 Å². The molecule has 0 fully saturated rings. The number of nitrogens with two attached hydrogens (primary N) is 1. The lowest BCUT2D eigenvalue weighted by atomic mass is 10.1. The predicted molar refractivity (Wildman–Crippen MR) is 86.5 cm³/mol. The highest BCUT2D eigenvalue weighted by Gasteiger charge is 2.12. The Morgan fingerprint density at radius 2 is 1.90 bits per heavy atom. The van der Waals surface area contributed by atoms with E-state index in [9.17, 15) is 4.79 Å². The number of carbonyl (C=O) groups is 1. The van der Waals surface area contributed by atoms with Crippen molar-refractivity contribution in [2.24, 2.45) is 5.92 Å². The Labute approximate surface area is 122 Å². The number of hydrogen-bond acceptors (Lipinski definition) is 4. The van der Waals surface area contributed by atoms with Gasteiger partial charge in [-0.2, -0.15) is 0 Å². The fourth-order valence-electron chi connectivity index (χ4n) is 2.15. The van der Waals surface area contributed by atoms with Crippen molar-refractivity contribution >= 4 is 17.2 Å². The zero-order valence-electron chi connectivity index (χ0n) is 13.3. The van der Waals surface area contributed by atoms with Gasteiger partial charge in [-0.25, -0.2) is 0 Å².